The van der Waals surface area contributed by atoms with E-state index >= 15 is 0 Å². The summed E-state index contributed by atoms with van der Waals surface area (Å²) in [6.45, 7) is 3.88. The number of hydrogen-bond acceptors (Lipinski definition) is 5. The monoisotopic (exact) mass is 329 g/mol. The van der Waals surface area contributed by atoms with E-state index in [1.165, 1.54) is 24.2 Å². The largest absolute Gasteiger partial charge is 0.319 e. The van der Waals surface area contributed by atoms with Crippen molar-refractivity contribution in [2.24, 2.45) is 0 Å². The highest BCUT2D eigenvalue weighted by Crippen LogP contribution is 2.30. The minimum atomic E-state index is -3.29. The fourth-order valence-electron chi connectivity index (χ4n) is 2.76. The molecule has 0 amide bonds. The van der Waals surface area contributed by atoms with Gasteiger partial charge in [0, 0.05) is 37.1 Å². The van der Waals surface area contributed by atoms with Crippen LogP contribution >= 0.6 is 11.3 Å². The van der Waals surface area contributed by atoms with E-state index in [0.29, 0.717) is 17.3 Å². The molecule has 0 unspecified atom stereocenters. The smallest absolute Gasteiger partial charge is 0.252 e. The van der Waals surface area contributed by atoms with Crippen molar-refractivity contribution in [1.29, 1.82) is 0 Å². The number of likely N-dealkylation sites (N-methyl/N-ethyl adjacent to an activating group) is 1. The van der Waals surface area contributed by atoms with E-state index in [1.807, 2.05) is 13.1 Å². The molecule has 1 aliphatic carbocycles. The first-order valence-electron chi connectivity index (χ1n) is 7.59. The lowest BCUT2D eigenvalue weighted by atomic mass is 10.3. The Labute approximate surface area is 131 Å². The van der Waals surface area contributed by atoms with Crippen LogP contribution in [-0.2, 0) is 16.4 Å². The van der Waals surface area contributed by atoms with E-state index in [-0.39, 0.29) is 0 Å². The summed E-state index contributed by atoms with van der Waals surface area (Å²) in [5, 5.41) is 3.09. The second-order valence-corrected chi connectivity index (χ2v) is 9.08. The summed E-state index contributed by atoms with van der Waals surface area (Å²) in [5.41, 5.74) is 0. The van der Waals surface area contributed by atoms with Gasteiger partial charge in [-0.3, -0.25) is 4.90 Å². The normalized spacial score (nSPS) is 21.8. The van der Waals surface area contributed by atoms with Gasteiger partial charge in [0.25, 0.3) is 10.0 Å². The van der Waals surface area contributed by atoms with Gasteiger partial charge >= 0.3 is 0 Å². The van der Waals surface area contributed by atoms with E-state index < -0.39 is 10.0 Å². The van der Waals surface area contributed by atoms with Crippen molar-refractivity contribution in [3.05, 3.63) is 17.0 Å². The molecule has 118 valence electrons. The van der Waals surface area contributed by atoms with Crippen molar-refractivity contribution in [2.75, 3.05) is 39.8 Å². The van der Waals surface area contributed by atoms with Crippen LogP contribution in [0.3, 0.4) is 0 Å². The molecule has 1 aromatic rings. The molecule has 1 saturated heterocycles. The SMILES string of the molecule is CNCCc1ccc(S(=O)(=O)N2CCN(C3CC3)CC2)s1. The number of hydrogen-bond donors (Lipinski definition) is 1. The molecule has 5 nitrogen and oxygen atoms in total. The molecule has 2 heterocycles. The predicted molar refractivity (Wildman–Crippen MR) is 85.3 cm³/mol. The minimum absolute atomic E-state index is 0.494. The third-order valence-electron chi connectivity index (χ3n) is 4.19. The number of sulfonamides is 1. The second-order valence-electron chi connectivity index (χ2n) is 5.75. The van der Waals surface area contributed by atoms with E-state index in [2.05, 4.69) is 10.2 Å². The van der Waals surface area contributed by atoms with Crippen LogP contribution in [0.25, 0.3) is 0 Å². The number of nitrogens with zero attached hydrogens (tertiary/aromatic N) is 2. The molecule has 7 heteroatoms. The van der Waals surface area contributed by atoms with Crippen LogP contribution in [0.1, 0.15) is 17.7 Å². The minimum Gasteiger partial charge on any atom is -0.319 e. The van der Waals surface area contributed by atoms with E-state index in [4.69, 9.17) is 0 Å². The van der Waals surface area contributed by atoms with Gasteiger partial charge in [-0.15, -0.1) is 11.3 Å². The van der Waals surface area contributed by atoms with Crippen LogP contribution in [0.2, 0.25) is 0 Å². The van der Waals surface area contributed by atoms with Gasteiger partial charge in [0.1, 0.15) is 4.21 Å². The zero-order chi connectivity index (χ0) is 14.9. The lowest BCUT2D eigenvalue weighted by Crippen LogP contribution is -2.49. The van der Waals surface area contributed by atoms with Gasteiger partial charge < -0.3 is 5.32 Å². The van der Waals surface area contributed by atoms with Crippen molar-refractivity contribution in [3.63, 3.8) is 0 Å². The maximum absolute atomic E-state index is 12.7. The third-order valence-corrected chi connectivity index (χ3v) is 7.70. The number of nitrogens with one attached hydrogen (secondary N) is 1. The molecule has 21 heavy (non-hydrogen) atoms. The van der Waals surface area contributed by atoms with Crippen LogP contribution < -0.4 is 5.32 Å². The van der Waals surface area contributed by atoms with Gasteiger partial charge in [-0.2, -0.15) is 4.31 Å². The summed E-state index contributed by atoms with van der Waals surface area (Å²) < 4.78 is 27.5. The van der Waals surface area contributed by atoms with Crippen molar-refractivity contribution >= 4 is 21.4 Å². The van der Waals surface area contributed by atoms with Gasteiger partial charge in [0.2, 0.25) is 0 Å². The van der Waals surface area contributed by atoms with Crippen molar-refractivity contribution in [1.82, 2.24) is 14.5 Å². The number of rotatable bonds is 6. The Morgan fingerprint density at radius 2 is 1.95 bits per heavy atom. The topological polar surface area (TPSA) is 52.7 Å². The molecule has 1 N–H and O–H groups in total. The summed E-state index contributed by atoms with van der Waals surface area (Å²) in [5.74, 6) is 0. The molecule has 2 fully saturated rings. The molecule has 0 bridgehead atoms. The molecule has 1 aliphatic heterocycles. The first kappa shape index (κ1) is 15.4. The molecule has 3 rings (SSSR count). The zero-order valence-electron chi connectivity index (χ0n) is 12.4. The second kappa shape index (κ2) is 6.34. The van der Waals surface area contributed by atoms with Crippen LogP contribution in [0.4, 0.5) is 0 Å². The van der Waals surface area contributed by atoms with Crippen LogP contribution in [0, 0.1) is 0 Å². The average molecular weight is 329 g/mol. The highest BCUT2D eigenvalue weighted by Gasteiger charge is 2.35. The Hall–Kier alpha value is -0.470. The highest BCUT2D eigenvalue weighted by atomic mass is 32.2. The Morgan fingerprint density at radius 1 is 1.24 bits per heavy atom. The third kappa shape index (κ3) is 3.48. The molecule has 1 aromatic heterocycles. The van der Waals surface area contributed by atoms with Gasteiger partial charge in [-0.1, -0.05) is 0 Å². The standard InChI is InChI=1S/C14H23N3O2S2/c1-15-7-6-13-4-5-14(20-13)21(18,19)17-10-8-16(9-11-17)12-2-3-12/h4-5,12,15H,2-3,6-11H2,1H3. The summed E-state index contributed by atoms with van der Waals surface area (Å²) in [6.07, 6.45) is 3.45. The molecule has 0 radical (unpaired) electrons. The van der Waals surface area contributed by atoms with Crippen molar-refractivity contribution in [3.8, 4) is 0 Å². The fraction of sp³-hybridized carbons (Fsp3) is 0.714. The van der Waals surface area contributed by atoms with Gasteiger partial charge in [0.15, 0.2) is 0 Å². The zero-order valence-corrected chi connectivity index (χ0v) is 14.0. The molecule has 0 atom stereocenters. The van der Waals surface area contributed by atoms with Crippen LogP contribution in [0.5, 0.6) is 0 Å². The van der Waals surface area contributed by atoms with Crippen molar-refractivity contribution in [2.45, 2.75) is 29.5 Å². The quantitative estimate of drug-likeness (QED) is 0.845. The Morgan fingerprint density at radius 3 is 2.57 bits per heavy atom. The van der Waals surface area contributed by atoms with E-state index in [1.54, 1.807) is 10.4 Å². The Balaban J connectivity index is 1.64. The summed E-state index contributed by atoms with van der Waals surface area (Å²) >= 11 is 1.41. The maximum atomic E-state index is 12.7. The lowest BCUT2D eigenvalue weighted by Gasteiger charge is -2.33. The van der Waals surface area contributed by atoms with E-state index in [0.717, 1.165) is 37.0 Å². The Bertz CT molecular complexity index is 573. The van der Waals surface area contributed by atoms with Crippen LogP contribution in [-0.4, -0.2) is 63.4 Å². The summed E-state index contributed by atoms with van der Waals surface area (Å²) in [7, 11) is -1.38. The van der Waals surface area contributed by atoms with E-state index in [9.17, 15) is 8.42 Å². The Kier molecular flexibility index (Phi) is 4.66. The number of thiophene rings is 1. The lowest BCUT2D eigenvalue weighted by molar-refractivity contribution is 0.181. The first-order chi connectivity index (χ1) is 10.1. The van der Waals surface area contributed by atoms with Gasteiger partial charge in [0.05, 0.1) is 0 Å². The fourth-order valence-corrected chi connectivity index (χ4v) is 5.69. The predicted octanol–water partition coefficient (Wildman–Crippen LogP) is 0.979. The molecule has 2 aliphatic rings. The van der Waals surface area contributed by atoms with Gasteiger partial charge in [-0.25, -0.2) is 8.42 Å². The van der Waals surface area contributed by atoms with Gasteiger partial charge in [-0.05, 0) is 45.0 Å². The summed E-state index contributed by atoms with van der Waals surface area (Å²) in [6, 6.07) is 4.43. The molecular formula is C14H23N3O2S2. The average Bonchev–Trinajstić information content (AvgIpc) is 3.23. The molecular weight excluding hydrogens is 306 g/mol. The highest BCUT2D eigenvalue weighted by molar-refractivity contribution is 7.91. The molecule has 0 spiro atoms. The van der Waals surface area contributed by atoms with Crippen LogP contribution in [0.15, 0.2) is 16.3 Å². The maximum Gasteiger partial charge on any atom is 0.252 e. The molecule has 1 saturated carbocycles. The first-order valence-corrected chi connectivity index (χ1v) is 9.84. The number of piperazine rings is 1. The summed E-state index contributed by atoms with van der Waals surface area (Å²) in [4.78, 5) is 3.55. The molecule has 0 aromatic carbocycles. The van der Waals surface area contributed by atoms with Crippen molar-refractivity contribution < 1.29 is 8.42 Å².